The molecule has 32 heavy (non-hydrogen) atoms. The first-order valence-corrected chi connectivity index (χ1v) is 11.9. The fraction of sp³-hybridized carbons (Fsp3) is 0.261. The van der Waals surface area contributed by atoms with Crippen molar-refractivity contribution in [3.8, 4) is 0 Å². The number of fused-ring (bicyclic) bond motifs is 1. The molecule has 1 aliphatic heterocycles. The van der Waals surface area contributed by atoms with Crippen LogP contribution in [0.2, 0.25) is 0 Å². The highest BCUT2D eigenvalue weighted by Crippen LogP contribution is 2.32. The normalized spacial score (nSPS) is 13.7. The second-order valence-corrected chi connectivity index (χ2v) is 9.32. The Bertz CT molecular complexity index is 1280. The number of anilines is 1. The van der Waals surface area contributed by atoms with Gasteiger partial charge in [0, 0.05) is 6.54 Å². The maximum absolute atomic E-state index is 13.5. The number of nitrogens with two attached hydrogens (primary N) is 1. The Balaban J connectivity index is 1.73. The number of aryl methyl sites for hydroxylation is 1. The fourth-order valence-electron chi connectivity index (χ4n) is 4.04. The Morgan fingerprint density at radius 2 is 1.50 bits per heavy atom. The van der Waals surface area contributed by atoms with Crippen LogP contribution in [0.3, 0.4) is 0 Å². The average Bonchev–Trinajstić information content (AvgIpc) is 3.29. The van der Waals surface area contributed by atoms with E-state index >= 15 is 0 Å². The van der Waals surface area contributed by atoms with Gasteiger partial charge >= 0.3 is 0 Å². The predicted octanol–water partition coefficient (Wildman–Crippen LogP) is 2.60. The number of imide groups is 1. The number of carbonyl (C=O) groups excluding carboxylic acids is 2. The second-order valence-electron chi connectivity index (χ2n) is 7.43. The summed E-state index contributed by atoms with van der Waals surface area (Å²) in [6.45, 7) is 4.53. The number of amides is 2. The lowest BCUT2D eigenvalue weighted by molar-refractivity contribution is 0.0926. The summed E-state index contributed by atoms with van der Waals surface area (Å²) in [5, 5.41) is 4.46. The summed E-state index contributed by atoms with van der Waals surface area (Å²) in [7, 11) is -3.86. The third-order valence-corrected chi connectivity index (χ3v) is 7.46. The van der Waals surface area contributed by atoms with Crippen molar-refractivity contribution in [1.29, 1.82) is 0 Å². The third kappa shape index (κ3) is 3.34. The first-order valence-electron chi connectivity index (χ1n) is 10.5. The van der Waals surface area contributed by atoms with E-state index in [2.05, 4.69) is 5.10 Å². The van der Waals surface area contributed by atoms with Crippen LogP contribution in [0.5, 0.6) is 0 Å². The molecule has 0 radical (unpaired) electrons. The van der Waals surface area contributed by atoms with Crippen molar-refractivity contribution in [3.05, 3.63) is 71.0 Å². The molecule has 2 heterocycles. The average molecular weight is 453 g/mol. The molecule has 9 heteroatoms. The van der Waals surface area contributed by atoms with Crippen LogP contribution in [0.1, 0.15) is 46.0 Å². The predicted molar refractivity (Wildman–Crippen MR) is 120 cm³/mol. The number of benzene rings is 2. The molecule has 2 aromatic carbocycles. The number of rotatable bonds is 7. The number of carbonyl (C=O) groups is 2. The fourth-order valence-corrected chi connectivity index (χ4v) is 5.83. The van der Waals surface area contributed by atoms with Crippen LogP contribution in [-0.4, -0.2) is 36.6 Å². The monoisotopic (exact) mass is 452 g/mol. The minimum absolute atomic E-state index is 0.0783. The zero-order valence-corrected chi connectivity index (χ0v) is 18.7. The van der Waals surface area contributed by atoms with Gasteiger partial charge in [0.05, 0.1) is 39.6 Å². The summed E-state index contributed by atoms with van der Waals surface area (Å²) >= 11 is 0. The number of nitrogens with zero attached hydrogens (tertiary/aromatic N) is 3. The lowest BCUT2D eigenvalue weighted by Gasteiger charge is -2.15. The minimum Gasteiger partial charge on any atom is -0.329 e. The highest BCUT2D eigenvalue weighted by molar-refractivity contribution is 7.91. The quantitative estimate of drug-likeness (QED) is 0.551. The minimum atomic E-state index is -3.86. The van der Waals surface area contributed by atoms with Crippen LogP contribution in [0.4, 0.5) is 5.69 Å². The van der Waals surface area contributed by atoms with E-state index < -0.39 is 21.7 Å². The van der Waals surface area contributed by atoms with Gasteiger partial charge in [-0.3, -0.25) is 14.3 Å². The molecule has 0 bridgehead atoms. The molecule has 0 atom stereocenters. The Hall–Kier alpha value is -3.30. The van der Waals surface area contributed by atoms with E-state index in [0.29, 0.717) is 54.1 Å². The largest absolute Gasteiger partial charge is 0.329 e. The molecule has 2 N–H and O–H groups in total. The molecule has 4 rings (SSSR count). The van der Waals surface area contributed by atoms with Crippen LogP contribution in [0.25, 0.3) is 0 Å². The summed E-state index contributed by atoms with van der Waals surface area (Å²) in [4.78, 5) is 26.8. The molecule has 1 aliphatic rings. The van der Waals surface area contributed by atoms with Gasteiger partial charge in [-0.05, 0) is 49.2 Å². The van der Waals surface area contributed by atoms with Crippen molar-refractivity contribution in [3.63, 3.8) is 0 Å². The van der Waals surface area contributed by atoms with Crippen LogP contribution in [0.15, 0.2) is 58.3 Å². The Morgan fingerprint density at radius 3 is 2.00 bits per heavy atom. The summed E-state index contributed by atoms with van der Waals surface area (Å²) < 4.78 is 28.7. The molecule has 166 valence electrons. The van der Waals surface area contributed by atoms with E-state index in [0.717, 1.165) is 4.90 Å². The molecule has 0 fully saturated rings. The van der Waals surface area contributed by atoms with Gasteiger partial charge in [-0.15, -0.1) is 0 Å². The Kier molecular flexibility index (Phi) is 5.70. The maximum atomic E-state index is 13.5. The Morgan fingerprint density at radius 1 is 0.906 bits per heavy atom. The molecule has 0 saturated heterocycles. The lowest BCUT2D eigenvalue weighted by atomic mass is 10.1. The lowest BCUT2D eigenvalue weighted by Crippen LogP contribution is -2.29. The van der Waals surface area contributed by atoms with Crippen molar-refractivity contribution in [2.24, 2.45) is 5.73 Å². The molecule has 2 amide bonds. The summed E-state index contributed by atoms with van der Waals surface area (Å²) in [6, 6.07) is 12.4. The van der Waals surface area contributed by atoms with Crippen molar-refractivity contribution >= 4 is 27.3 Å². The Labute approximate surface area is 186 Å². The van der Waals surface area contributed by atoms with E-state index in [4.69, 9.17) is 5.73 Å². The van der Waals surface area contributed by atoms with Crippen LogP contribution < -0.4 is 10.6 Å². The molecular formula is C23H24N4O4S. The van der Waals surface area contributed by atoms with Gasteiger partial charge in [0.1, 0.15) is 4.90 Å². The molecule has 0 spiro atoms. The third-order valence-electron chi connectivity index (χ3n) is 5.56. The smallest absolute Gasteiger partial charge is 0.266 e. The highest BCUT2D eigenvalue weighted by Gasteiger charge is 2.36. The summed E-state index contributed by atoms with van der Waals surface area (Å²) in [5.74, 6) is -0.850. The van der Waals surface area contributed by atoms with Crippen LogP contribution in [-0.2, 0) is 29.2 Å². The van der Waals surface area contributed by atoms with E-state index in [9.17, 15) is 18.0 Å². The molecule has 0 aliphatic carbocycles. The van der Waals surface area contributed by atoms with Crippen molar-refractivity contribution in [2.45, 2.75) is 43.0 Å². The van der Waals surface area contributed by atoms with Crippen molar-refractivity contribution in [1.82, 2.24) is 9.78 Å². The number of sulfone groups is 1. The van der Waals surface area contributed by atoms with E-state index in [1.54, 1.807) is 28.9 Å². The zero-order valence-electron chi connectivity index (χ0n) is 17.9. The second kappa shape index (κ2) is 8.33. The topological polar surface area (TPSA) is 115 Å². The van der Waals surface area contributed by atoms with Gasteiger partial charge in [0.15, 0.2) is 0 Å². The first kappa shape index (κ1) is 21.9. The van der Waals surface area contributed by atoms with Gasteiger partial charge in [0.25, 0.3) is 11.8 Å². The zero-order chi connectivity index (χ0) is 23.0. The number of hydrogen-bond donors (Lipinski definition) is 1. The van der Waals surface area contributed by atoms with Crippen LogP contribution >= 0.6 is 0 Å². The SMILES string of the molecule is CCc1nn(CCN)c(CC)c1S(=O)(=O)c1ccc(N2C(=O)c3ccccc3C2=O)cc1. The van der Waals surface area contributed by atoms with Crippen molar-refractivity contribution in [2.75, 3.05) is 11.4 Å². The molecule has 3 aromatic rings. The van der Waals surface area contributed by atoms with Crippen LogP contribution in [0, 0.1) is 0 Å². The number of hydrogen-bond acceptors (Lipinski definition) is 6. The highest BCUT2D eigenvalue weighted by atomic mass is 32.2. The van der Waals surface area contributed by atoms with Gasteiger partial charge in [-0.25, -0.2) is 13.3 Å². The van der Waals surface area contributed by atoms with Gasteiger partial charge in [-0.2, -0.15) is 5.10 Å². The molecule has 0 unspecified atom stereocenters. The van der Waals surface area contributed by atoms with Crippen molar-refractivity contribution < 1.29 is 18.0 Å². The summed E-state index contributed by atoms with van der Waals surface area (Å²) in [5.41, 5.74) is 7.78. The molecule has 1 aromatic heterocycles. The van der Waals surface area contributed by atoms with E-state index in [1.165, 1.54) is 24.3 Å². The number of aromatic nitrogens is 2. The van der Waals surface area contributed by atoms with Gasteiger partial charge < -0.3 is 5.73 Å². The summed E-state index contributed by atoms with van der Waals surface area (Å²) in [6.07, 6.45) is 0.959. The van der Waals surface area contributed by atoms with Gasteiger partial charge in [0.2, 0.25) is 9.84 Å². The molecule has 8 nitrogen and oxygen atoms in total. The van der Waals surface area contributed by atoms with E-state index in [-0.39, 0.29) is 9.79 Å². The van der Waals surface area contributed by atoms with Gasteiger partial charge in [-0.1, -0.05) is 26.0 Å². The molecule has 0 saturated carbocycles. The first-order chi connectivity index (χ1) is 15.3. The standard InChI is InChI=1S/C23H24N4O4S/c1-3-19-21(20(4-2)26(25-19)14-13-24)32(30,31)16-11-9-15(10-12-16)27-22(28)17-7-5-6-8-18(17)23(27)29/h5-12H,3-4,13-14,24H2,1-2H3. The maximum Gasteiger partial charge on any atom is 0.266 e. The van der Waals surface area contributed by atoms with E-state index in [1.807, 2.05) is 13.8 Å². The molecular weight excluding hydrogens is 428 g/mol.